The number of carbonyl (C=O) groups is 2. The van der Waals surface area contributed by atoms with Gasteiger partial charge in [-0.15, -0.1) is 0 Å². The number of benzene rings is 2. The van der Waals surface area contributed by atoms with Crippen LogP contribution in [0, 0.1) is 6.92 Å². The Morgan fingerprint density at radius 2 is 1.35 bits per heavy atom. The molecule has 0 atom stereocenters. The quantitative estimate of drug-likeness (QED) is 0.804. The molecular formula is C18H20N2O3. The van der Waals surface area contributed by atoms with Crippen LogP contribution in [-0.2, 0) is 9.59 Å². The van der Waals surface area contributed by atoms with Crippen molar-refractivity contribution >= 4 is 23.2 Å². The molecule has 120 valence electrons. The lowest BCUT2D eigenvalue weighted by Crippen LogP contribution is -2.21. The predicted octanol–water partition coefficient (Wildman–Crippen LogP) is 3.36. The van der Waals surface area contributed by atoms with Crippen LogP contribution in [0.4, 0.5) is 11.4 Å². The molecule has 2 N–H and O–H groups in total. The van der Waals surface area contributed by atoms with Gasteiger partial charge in [0.1, 0.15) is 12.2 Å². The molecule has 23 heavy (non-hydrogen) atoms. The van der Waals surface area contributed by atoms with Gasteiger partial charge in [-0.3, -0.25) is 9.59 Å². The van der Waals surface area contributed by atoms with Crippen molar-refractivity contribution in [3.8, 4) is 5.75 Å². The molecule has 0 spiro atoms. The zero-order chi connectivity index (χ0) is 16.7. The van der Waals surface area contributed by atoms with Gasteiger partial charge in [0.2, 0.25) is 11.8 Å². The summed E-state index contributed by atoms with van der Waals surface area (Å²) in [7, 11) is 0. The number of hydrogen-bond donors (Lipinski definition) is 2. The van der Waals surface area contributed by atoms with E-state index in [-0.39, 0.29) is 18.2 Å². The average molecular weight is 312 g/mol. The molecule has 0 aliphatic heterocycles. The van der Waals surface area contributed by atoms with Gasteiger partial charge >= 0.3 is 0 Å². The zero-order valence-corrected chi connectivity index (χ0v) is 13.3. The minimum absolute atomic E-state index is 0.235. The van der Waals surface area contributed by atoms with Crippen LogP contribution in [0.1, 0.15) is 18.9 Å². The highest BCUT2D eigenvalue weighted by Crippen LogP contribution is 2.16. The second kappa shape index (κ2) is 7.98. The van der Waals surface area contributed by atoms with E-state index in [4.69, 9.17) is 4.74 Å². The summed E-state index contributed by atoms with van der Waals surface area (Å²) < 4.78 is 5.33. The molecule has 0 saturated heterocycles. The van der Waals surface area contributed by atoms with Crippen molar-refractivity contribution in [1.29, 1.82) is 0 Å². The van der Waals surface area contributed by atoms with Crippen molar-refractivity contribution in [3.05, 3.63) is 54.1 Å². The SMILES string of the molecule is CCOc1ccc(NC(=O)CC(=O)Nc2ccc(C)cc2)cc1. The van der Waals surface area contributed by atoms with Crippen molar-refractivity contribution in [3.63, 3.8) is 0 Å². The van der Waals surface area contributed by atoms with Crippen molar-refractivity contribution in [1.82, 2.24) is 0 Å². The molecule has 0 unspecified atom stereocenters. The minimum atomic E-state index is -0.362. The summed E-state index contributed by atoms with van der Waals surface area (Å²) in [4.78, 5) is 23.7. The van der Waals surface area contributed by atoms with E-state index in [2.05, 4.69) is 10.6 Å². The Morgan fingerprint density at radius 1 is 0.870 bits per heavy atom. The summed E-state index contributed by atoms with van der Waals surface area (Å²) in [6.07, 6.45) is -0.235. The van der Waals surface area contributed by atoms with E-state index in [1.54, 1.807) is 36.4 Å². The van der Waals surface area contributed by atoms with Gasteiger partial charge < -0.3 is 15.4 Å². The van der Waals surface area contributed by atoms with Crippen LogP contribution in [0.3, 0.4) is 0 Å². The monoisotopic (exact) mass is 312 g/mol. The van der Waals surface area contributed by atoms with Gasteiger partial charge in [-0.1, -0.05) is 17.7 Å². The summed E-state index contributed by atoms with van der Waals surface area (Å²) in [5, 5.41) is 5.37. The molecule has 0 saturated carbocycles. The summed E-state index contributed by atoms with van der Waals surface area (Å²) in [5.74, 6) is 0.0266. The van der Waals surface area contributed by atoms with Crippen molar-refractivity contribution in [2.75, 3.05) is 17.2 Å². The lowest BCUT2D eigenvalue weighted by Gasteiger charge is -2.08. The van der Waals surface area contributed by atoms with Crippen LogP contribution >= 0.6 is 0 Å². The van der Waals surface area contributed by atoms with Gasteiger partial charge in [0.05, 0.1) is 6.61 Å². The fraction of sp³-hybridized carbons (Fsp3) is 0.222. The summed E-state index contributed by atoms with van der Waals surface area (Å²) in [5.41, 5.74) is 2.41. The zero-order valence-electron chi connectivity index (χ0n) is 13.3. The van der Waals surface area contributed by atoms with E-state index >= 15 is 0 Å². The van der Waals surface area contributed by atoms with Gasteiger partial charge in [0, 0.05) is 11.4 Å². The van der Waals surface area contributed by atoms with Crippen LogP contribution in [0.2, 0.25) is 0 Å². The van der Waals surface area contributed by atoms with Gasteiger partial charge in [0.25, 0.3) is 0 Å². The van der Waals surface area contributed by atoms with E-state index in [0.717, 1.165) is 11.3 Å². The molecule has 2 rings (SSSR count). The molecule has 5 heteroatoms. The topological polar surface area (TPSA) is 67.4 Å². The fourth-order valence-corrected chi connectivity index (χ4v) is 1.99. The highest BCUT2D eigenvalue weighted by Gasteiger charge is 2.10. The number of aryl methyl sites for hydroxylation is 1. The van der Waals surface area contributed by atoms with Gasteiger partial charge in [-0.2, -0.15) is 0 Å². The lowest BCUT2D eigenvalue weighted by molar-refractivity contribution is -0.123. The Bertz CT molecular complexity index is 664. The van der Waals surface area contributed by atoms with E-state index in [1.165, 1.54) is 0 Å². The first-order valence-electron chi connectivity index (χ1n) is 7.46. The number of anilines is 2. The van der Waals surface area contributed by atoms with Crippen molar-refractivity contribution < 1.29 is 14.3 Å². The third-order valence-electron chi connectivity index (χ3n) is 3.11. The van der Waals surface area contributed by atoms with Crippen LogP contribution in [0.5, 0.6) is 5.75 Å². The number of ether oxygens (including phenoxy) is 1. The van der Waals surface area contributed by atoms with Crippen LogP contribution < -0.4 is 15.4 Å². The molecule has 2 amide bonds. The fourth-order valence-electron chi connectivity index (χ4n) is 1.99. The third-order valence-corrected chi connectivity index (χ3v) is 3.11. The molecule has 0 bridgehead atoms. The van der Waals surface area contributed by atoms with Crippen molar-refractivity contribution in [2.45, 2.75) is 20.3 Å². The van der Waals surface area contributed by atoms with E-state index in [1.807, 2.05) is 26.0 Å². The van der Waals surface area contributed by atoms with Crippen molar-refractivity contribution in [2.24, 2.45) is 0 Å². The van der Waals surface area contributed by atoms with E-state index < -0.39 is 0 Å². The first-order chi connectivity index (χ1) is 11.1. The Hall–Kier alpha value is -2.82. The molecular weight excluding hydrogens is 292 g/mol. The second-order valence-corrected chi connectivity index (χ2v) is 5.10. The predicted molar refractivity (Wildman–Crippen MR) is 90.7 cm³/mol. The van der Waals surface area contributed by atoms with Crippen LogP contribution in [-0.4, -0.2) is 18.4 Å². The second-order valence-electron chi connectivity index (χ2n) is 5.10. The Labute approximate surface area is 135 Å². The number of carbonyl (C=O) groups excluding carboxylic acids is 2. The molecule has 0 heterocycles. The van der Waals surface area contributed by atoms with Crippen LogP contribution in [0.25, 0.3) is 0 Å². The first-order valence-corrected chi connectivity index (χ1v) is 7.46. The molecule has 0 aliphatic carbocycles. The summed E-state index contributed by atoms with van der Waals surface area (Å²) in [6, 6.07) is 14.4. The highest BCUT2D eigenvalue weighted by molar-refractivity contribution is 6.08. The largest absolute Gasteiger partial charge is 0.494 e. The average Bonchev–Trinajstić information content (AvgIpc) is 2.51. The minimum Gasteiger partial charge on any atom is -0.494 e. The molecule has 2 aromatic rings. The Kier molecular flexibility index (Phi) is 5.74. The summed E-state index contributed by atoms with van der Waals surface area (Å²) in [6.45, 7) is 4.46. The molecule has 5 nitrogen and oxygen atoms in total. The number of nitrogens with one attached hydrogen (secondary N) is 2. The normalized spacial score (nSPS) is 10.0. The first kappa shape index (κ1) is 16.5. The number of amides is 2. The maximum atomic E-state index is 11.9. The third kappa shape index (κ3) is 5.47. The van der Waals surface area contributed by atoms with Gasteiger partial charge in [-0.05, 0) is 50.2 Å². The Balaban J connectivity index is 1.83. The van der Waals surface area contributed by atoms with E-state index in [0.29, 0.717) is 18.0 Å². The van der Waals surface area contributed by atoms with E-state index in [9.17, 15) is 9.59 Å². The van der Waals surface area contributed by atoms with Gasteiger partial charge in [-0.25, -0.2) is 0 Å². The molecule has 0 aliphatic rings. The standard InChI is InChI=1S/C18H20N2O3/c1-3-23-16-10-8-15(9-11-16)20-18(22)12-17(21)19-14-6-4-13(2)5-7-14/h4-11H,3,12H2,1-2H3,(H,19,21)(H,20,22). The maximum absolute atomic E-state index is 11.9. The molecule has 0 radical (unpaired) electrons. The number of rotatable bonds is 6. The lowest BCUT2D eigenvalue weighted by atomic mass is 10.2. The van der Waals surface area contributed by atoms with Gasteiger partial charge in [0.15, 0.2) is 0 Å². The molecule has 2 aromatic carbocycles. The highest BCUT2D eigenvalue weighted by atomic mass is 16.5. The smallest absolute Gasteiger partial charge is 0.233 e. The molecule has 0 fully saturated rings. The molecule has 0 aromatic heterocycles. The summed E-state index contributed by atoms with van der Waals surface area (Å²) >= 11 is 0. The Morgan fingerprint density at radius 3 is 1.83 bits per heavy atom. The van der Waals surface area contributed by atoms with Crippen LogP contribution in [0.15, 0.2) is 48.5 Å². The number of hydrogen-bond acceptors (Lipinski definition) is 3. The maximum Gasteiger partial charge on any atom is 0.233 e.